The highest BCUT2D eigenvalue weighted by Crippen LogP contribution is 2.40. The number of hydrogen-bond acceptors (Lipinski definition) is 9. The Morgan fingerprint density at radius 2 is 1.15 bits per heavy atom. The van der Waals surface area contributed by atoms with Crippen LogP contribution in [0.25, 0.3) is 0 Å². The highest BCUT2D eigenvalue weighted by Gasteiger charge is 2.47. The van der Waals surface area contributed by atoms with Crippen molar-refractivity contribution in [2.45, 2.75) is 71.2 Å². The topological polar surface area (TPSA) is 149 Å². The number of aliphatic hydroxyl groups is 1. The van der Waals surface area contributed by atoms with Crippen molar-refractivity contribution < 1.29 is 43.6 Å². The number of hydrogen-bond donors (Lipinski definition) is 2. The van der Waals surface area contributed by atoms with Crippen molar-refractivity contribution in [2.75, 3.05) is 30.1 Å². The Morgan fingerprint density at radius 1 is 0.695 bits per heavy atom. The predicted molar refractivity (Wildman–Crippen MR) is 221 cm³/mol. The average Bonchev–Trinajstić information content (AvgIpc) is 3.38. The van der Waals surface area contributed by atoms with Crippen molar-refractivity contribution in [1.29, 1.82) is 0 Å². The molecule has 4 atom stereocenters. The van der Waals surface area contributed by atoms with Gasteiger partial charge in [-0.15, -0.1) is 0 Å². The third-order valence-corrected chi connectivity index (χ3v) is 11.5. The monoisotopic (exact) mass is 800 g/mol. The lowest BCUT2D eigenvalue weighted by Crippen LogP contribution is -2.56. The van der Waals surface area contributed by atoms with E-state index in [1.54, 1.807) is 34.9 Å². The molecule has 0 aliphatic carbocycles. The zero-order chi connectivity index (χ0) is 42.1. The smallest absolute Gasteiger partial charge is 0.416 e. The van der Waals surface area contributed by atoms with E-state index in [2.05, 4.69) is 13.2 Å². The number of aryl methyl sites for hydroxylation is 3. The predicted octanol–water partition coefficient (Wildman–Crippen LogP) is 6.71. The molecule has 0 fully saturated rings. The fraction of sp³-hybridized carbons (Fsp3) is 0.304. The van der Waals surface area contributed by atoms with Crippen LogP contribution in [0.1, 0.15) is 59.7 Å². The Balaban J connectivity index is 0.000000179. The summed E-state index contributed by atoms with van der Waals surface area (Å²) in [6, 6.07) is 21.4. The maximum absolute atomic E-state index is 13.6. The zero-order valence-electron chi connectivity index (χ0n) is 33.6. The van der Waals surface area contributed by atoms with Crippen molar-refractivity contribution >= 4 is 35.4 Å². The van der Waals surface area contributed by atoms with Crippen LogP contribution in [0.2, 0.25) is 0 Å². The Labute approximate surface area is 343 Å². The number of aromatic hydroxyl groups is 1. The molecule has 0 saturated carbocycles. The number of nitrogens with zero attached hydrogens (tertiary/aromatic N) is 4. The van der Waals surface area contributed by atoms with E-state index in [0.717, 1.165) is 33.4 Å². The molecule has 13 nitrogen and oxygen atoms in total. The van der Waals surface area contributed by atoms with Gasteiger partial charge in [-0.3, -0.25) is 9.59 Å². The Morgan fingerprint density at radius 3 is 1.69 bits per heavy atom. The molecule has 0 bridgehead atoms. The van der Waals surface area contributed by atoms with Crippen molar-refractivity contribution in [3.63, 3.8) is 0 Å². The van der Waals surface area contributed by atoms with Gasteiger partial charge in [0, 0.05) is 26.3 Å². The van der Waals surface area contributed by atoms with Crippen LogP contribution in [-0.4, -0.2) is 88.9 Å². The van der Waals surface area contributed by atoms with Crippen molar-refractivity contribution in [3.8, 4) is 5.75 Å². The molecule has 4 aromatic rings. The van der Waals surface area contributed by atoms with Gasteiger partial charge in [-0.05, 0) is 90.8 Å². The molecule has 8 rings (SSSR count). The maximum Gasteiger partial charge on any atom is 0.416 e. The number of aliphatic hydroxyl groups excluding tert-OH is 1. The summed E-state index contributed by atoms with van der Waals surface area (Å²) in [5, 5.41) is 21.6. The second-order valence-corrected chi connectivity index (χ2v) is 15.1. The number of phenols is 1. The van der Waals surface area contributed by atoms with Gasteiger partial charge in [0.15, 0.2) is 12.5 Å². The molecule has 4 aromatic carbocycles. The standard InChI is InChI=1S/C23H24N2O5.C23H24N2O4/c1-4-9-30-23(28)25-18-12-20(26)14(2)10-17(18)21(27)24-13-16-8-6-5-7-15(16)11-19(24)22(25)29-3;1-4-9-29-23(28)25-19-11-15(3)14(2)10-18(19)21(26)24-13-17-8-6-5-7-16(17)12-20(24)22(25)27/h4-8,10,12,19,22,26H,1,9,11,13H2,2-3H3;4-8,10-11,20,22,27H,1,9,12-13H2,2-3H3/t19-,22?;20-,22?/m00/s1. The van der Waals surface area contributed by atoms with Gasteiger partial charge in [-0.1, -0.05) is 73.8 Å². The Hall–Kier alpha value is -6.44. The quantitative estimate of drug-likeness (QED) is 0.210. The molecular formula is C46H48N4O9. The first kappa shape index (κ1) is 40.7. The normalized spacial score (nSPS) is 20.2. The lowest BCUT2D eigenvalue weighted by atomic mass is 9.92. The van der Waals surface area contributed by atoms with E-state index in [4.69, 9.17) is 14.2 Å². The van der Waals surface area contributed by atoms with Crippen LogP contribution in [0.4, 0.5) is 21.0 Å². The first-order valence-electron chi connectivity index (χ1n) is 19.4. The van der Waals surface area contributed by atoms with Gasteiger partial charge in [0.25, 0.3) is 11.8 Å². The number of amides is 4. The summed E-state index contributed by atoms with van der Waals surface area (Å²) < 4.78 is 16.3. The van der Waals surface area contributed by atoms with Crippen molar-refractivity contribution in [2.24, 2.45) is 0 Å². The lowest BCUT2D eigenvalue weighted by Gasteiger charge is -2.41. The van der Waals surface area contributed by atoms with E-state index in [-0.39, 0.29) is 36.5 Å². The third kappa shape index (κ3) is 7.54. The van der Waals surface area contributed by atoms with Gasteiger partial charge < -0.3 is 34.2 Å². The fourth-order valence-electron chi connectivity index (χ4n) is 8.29. The van der Waals surface area contributed by atoms with E-state index in [9.17, 15) is 29.4 Å². The van der Waals surface area contributed by atoms with Crippen molar-refractivity contribution in [1.82, 2.24) is 9.80 Å². The summed E-state index contributed by atoms with van der Waals surface area (Å²) in [5.74, 6) is -0.421. The van der Waals surface area contributed by atoms with Gasteiger partial charge >= 0.3 is 12.2 Å². The van der Waals surface area contributed by atoms with Crippen LogP contribution in [0, 0.1) is 20.8 Å². The van der Waals surface area contributed by atoms with E-state index in [1.165, 1.54) is 35.1 Å². The van der Waals surface area contributed by atoms with Gasteiger partial charge in [0.2, 0.25) is 0 Å². The molecule has 4 heterocycles. The summed E-state index contributed by atoms with van der Waals surface area (Å²) in [5.41, 5.74) is 8.07. The van der Waals surface area contributed by atoms with Crippen molar-refractivity contribution in [3.05, 3.63) is 148 Å². The second kappa shape index (κ2) is 16.8. The molecule has 0 radical (unpaired) electrons. The number of fused-ring (bicyclic) bond motifs is 6. The minimum Gasteiger partial charge on any atom is -0.508 e. The number of methoxy groups -OCH3 is 1. The van der Waals surface area contributed by atoms with E-state index in [0.29, 0.717) is 48.3 Å². The summed E-state index contributed by atoms with van der Waals surface area (Å²) >= 11 is 0. The first-order valence-corrected chi connectivity index (χ1v) is 19.4. The largest absolute Gasteiger partial charge is 0.508 e. The minimum absolute atomic E-state index is 0.0129. The van der Waals surface area contributed by atoms with E-state index in [1.807, 2.05) is 62.4 Å². The molecule has 0 spiro atoms. The third-order valence-electron chi connectivity index (χ3n) is 11.5. The number of phenolic OH excluding ortho intramolecular Hbond substituents is 1. The van der Waals surface area contributed by atoms with Crippen LogP contribution in [-0.2, 0) is 40.1 Å². The molecular weight excluding hydrogens is 753 g/mol. The molecule has 4 aliphatic heterocycles. The number of carbonyl (C=O) groups excluding carboxylic acids is 4. The molecule has 59 heavy (non-hydrogen) atoms. The molecule has 306 valence electrons. The molecule has 4 aliphatic rings. The van der Waals surface area contributed by atoms with Crippen LogP contribution >= 0.6 is 0 Å². The highest BCUT2D eigenvalue weighted by molar-refractivity contribution is 6.06. The summed E-state index contributed by atoms with van der Waals surface area (Å²) in [6.07, 6.45) is 0.549. The first-order chi connectivity index (χ1) is 28.4. The molecule has 4 amide bonds. The second-order valence-electron chi connectivity index (χ2n) is 15.1. The van der Waals surface area contributed by atoms with Gasteiger partial charge in [0.1, 0.15) is 19.0 Å². The van der Waals surface area contributed by atoms with Gasteiger partial charge in [-0.2, -0.15) is 0 Å². The maximum atomic E-state index is 13.6. The molecule has 0 saturated heterocycles. The highest BCUT2D eigenvalue weighted by atomic mass is 16.6. The Kier molecular flexibility index (Phi) is 11.6. The summed E-state index contributed by atoms with van der Waals surface area (Å²) in [7, 11) is 1.50. The van der Waals surface area contributed by atoms with Crippen LogP contribution in [0.3, 0.4) is 0 Å². The van der Waals surface area contributed by atoms with Crippen LogP contribution < -0.4 is 9.80 Å². The van der Waals surface area contributed by atoms with E-state index < -0.39 is 36.7 Å². The summed E-state index contributed by atoms with van der Waals surface area (Å²) in [4.78, 5) is 58.9. The Bertz CT molecular complexity index is 2340. The molecule has 13 heteroatoms. The number of anilines is 2. The number of carbonyl (C=O) groups is 4. The number of benzene rings is 4. The molecule has 2 unspecified atom stereocenters. The number of ether oxygens (including phenoxy) is 3. The SMILES string of the molecule is C=CCOC(=O)N1c2cc(C)c(C)cc2C(=O)N2Cc3ccccc3C[C@H]2C1O.C=CCOC(=O)N1c2cc(O)c(C)cc2C(=O)N2Cc3ccccc3C[C@H]2C1OC. The summed E-state index contributed by atoms with van der Waals surface area (Å²) in [6.45, 7) is 13.5. The molecule has 2 N–H and O–H groups in total. The minimum atomic E-state index is -1.23. The average molecular weight is 801 g/mol. The van der Waals surface area contributed by atoms with Crippen LogP contribution in [0.15, 0.2) is 98.1 Å². The number of rotatable bonds is 5. The fourth-order valence-corrected chi connectivity index (χ4v) is 8.29. The lowest BCUT2D eigenvalue weighted by molar-refractivity contribution is 0.00854. The zero-order valence-corrected chi connectivity index (χ0v) is 33.6. The van der Waals surface area contributed by atoms with Gasteiger partial charge in [-0.25, -0.2) is 19.4 Å². The molecule has 0 aromatic heterocycles. The van der Waals surface area contributed by atoms with E-state index >= 15 is 0 Å². The van der Waals surface area contributed by atoms with Crippen LogP contribution in [0.5, 0.6) is 5.75 Å². The van der Waals surface area contributed by atoms with Gasteiger partial charge in [0.05, 0.1) is 34.6 Å².